The van der Waals surface area contributed by atoms with Crippen LogP contribution in [0.25, 0.3) is 10.6 Å². The number of nitrogens with zero attached hydrogens (tertiary/aromatic N) is 1. The zero-order chi connectivity index (χ0) is 14.2. The molecule has 2 rings (SSSR count). The molecule has 0 bridgehead atoms. The van der Waals surface area contributed by atoms with Gasteiger partial charge < -0.3 is 5.11 Å². The molecule has 0 fully saturated rings. The molecular formula is C15H17NO2S. The van der Waals surface area contributed by atoms with Crippen molar-refractivity contribution in [2.75, 3.05) is 0 Å². The number of aromatic nitrogens is 1. The van der Waals surface area contributed by atoms with Crippen LogP contribution in [0.5, 0.6) is 0 Å². The first-order valence-corrected chi connectivity index (χ1v) is 7.03. The van der Waals surface area contributed by atoms with E-state index in [9.17, 15) is 9.90 Å². The summed E-state index contributed by atoms with van der Waals surface area (Å²) in [5.74, 6) is -0.779. The van der Waals surface area contributed by atoms with Crippen LogP contribution < -0.4 is 0 Å². The molecule has 2 aromatic rings. The molecule has 0 amide bonds. The molecular weight excluding hydrogens is 258 g/mol. The van der Waals surface area contributed by atoms with Gasteiger partial charge in [-0.15, -0.1) is 11.3 Å². The van der Waals surface area contributed by atoms with Crippen LogP contribution in [0.2, 0.25) is 0 Å². The van der Waals surface area contributed by atoms with E-state index in [0.29, 0.717) is 10.6 Å². The monoisotopic (exact) mass is 275 g/mol. The summed E-state index contributed by atoms with van der Waals surface area (Å²) in [4.78, 5) is 16.1. The van der Waals surface area contributed by atoms with E-state index < -0.39 is 5.97 Å². The lowest BCUT2D eigenvalue weighted by Gasteiger charge is -2.02. The van der Waals surface area contributed by atoms with Crippen LogP contribution in [0.3, 0.4) is 0 Å². The van der Waals surface area contributed by atoms with E-state index in [1.54, 1.807) is 0 Å². The number of benzene rings is 1. The Balaban J connectivity index is 2.57. The van der Waals surface area contributed by atoms with E-state index in [2.05, 4.69) is 11.1 Å². The first-order valence-electron chi connectivity index (χ1n) is 6.21. The van der Waals surface area contributed by atoms with Crippen LogP contribution in [0.1, 0.15) is 46.3 Å². The van der Waals surface area contributed by atoms with Gasteiger partial charge in [-0.1, -0.05) is 31.0 Å². The predicted octanol–water partition coefficient (Wildman–Crippen LogP) is 4.25. The summed E-state index contributed by atoms with van der Waals surface area (Å²) in [6.07, 6.45) is 0. The minimum atomic E-state index is -0.892. The highest BCUT2D eigenvalue weighted by Gasteiger charge is 2.20. The number of hydrogen-bond acceptors (Lipinski definition) is 3. The SMILES string of the molecule is Cc1cc(C)cc(-c2nc(C(C)C)c(C(=O)O)s2)c1. The zero-order valence-corrected chi connectivity index (χ0v) is 12.3. The van der Waals surface area contributed by atoms with Gasteiger partial charge in [0.1, 0.15) is 9.88 Å². The van der Waals surface area contributed by atoms with E-state index >= 15 is 0 Å². The minimum Gasteiger partial charge on any atom is -0.477 e. The third-order valence-electron chi connectivity index (χ3n) is 2.86. The molecule has 0 aliphatic heterocycles. The number of hydrogen-bond donors (Lipinski definition) is 1. The normalized spacial score (nSPS) is 11.0. The molecule has 0 aliphatic carbocycles. The van der Waals surface area contributed by atoms with E-state index in [0.717, 1.165) is 21.7 Å². The minimum absolute atomic E-state index is 0.113. The van der Waals surface area contributed by atoms with Crippen molar-refractivity contribution in [3.8, 4) is 10.6 Å². The van der Waals surface area contributed by atoms with Gasteiger partial charge in [0.05, 0.1) is 5.69 Å². The molecule has 4 heteroatoms. The summed E-state index contributed by atoms with van der Waals surface area (Å²) in [6.45, 7) is 8.00. The number of aryl methyl sites for hydroxylation is 2. The molecule has 3 nitrogen and oxygen atoms in total. The van der Waals surface area contributed by atoms with Crippen LogP contribution in [0.15, 0.2) is 18.2 Å². The molecule has 19 heavy (non-hydrogen) atoms. The quantitative estimate of drug-likeness (QED) is 0.911. The second-order valence-corrected chi connectivity index (χ2v) is 6.07. The number of carbonyl (C=O) groups is 1. The highest BCUT2D eigenvalue weighted by molar-refractivity contribution is 7.17. The molecule has 1 aromatic heterocycles. The molecule has 0 aliphatic rings. The largest absolute Gasteiger partial charge is 0.477 e. The lowest BCUT2D eigenvalue weighted by atomic mass is 10.1. The van der Waals surface area contributed by atoms with Gasteiger partial charge >= 0.3 is 5.97 Å². The maximum absolute atomic E-state index is 11.3. The Labute approximate surface area is 116 Å². The van der Waals surface area contributed by atoms with Gasteiger partial charge in [0, 0.05) is 5.56 Å². The molecule has 1 N–H and O–H groups in total. The van der Waals surface area contributed by atoms with Crippen molar-refractivity contribution >= 4 is 17.3 Å². The van der Waals surface area contributed by atoms with Crippen molar-refractivity contribution in [2.24, 2.45) is 0 Å². The topological polar surface area (TPSA) is 50.2 Å². The third kappa shape index (κ3) is 2.84. The lowest BCUT2D eigenvalue weighted by Crippen LogP contribution is -2.00. The highest BCUT2D eigenvalue weighted by Crippen LogP contribution is 2.32. The van der Waals surface area contributed by atoms with E-state index in [1.807, 2.05) is 39.8 Å². The zero-order valence-electron chi connectivity index (χ0n) is 11.5. The molecule has 0 radical (unpaired) electrons. The van der Waals surface area contributed by atoms with Crippen molar-refractivity contribution in [1.82, 2.24) is 4.98 Å². The van der Waals surface area contributed by atoms with Crippen molar-refractivity contribution < 1.29 is 9.90 Å². The number of rotatable bonds is 3. The third-order valence-corrected chi connectivity index (χ3v) is 3.97. The average molecular weight is 275 g/mol. The van der Waals surface area contributed by atoms with Crippen LogP contribution in [0.4, 0.5) is 0 Å². The molecule has 0 atom stereocenters. The van der Waals surface area contributed by atoms with Gasteiger partial charge in [-0.2, -0.15) is 0 Å². The van der Waals surface area contributed by atoms with Gasteiger partial charge in [0.15, 0.2) is 0 Å². The Morgan fingerprint density at radius 1 is 1.21 bits per heavy atom. The van der Waals surface area contributed by atoms with Crippen LogP contribution >= 0.6 is 11.3 Å². The number of aromatic carboxylic acids is 1. The van der Waals surface area contributed by atoms with Gasteiger partial charge in [0.2, 0.25) is 0 Å². The predicted molar refractivity (Wildman–Crippen MR) is 78.1 cm³/mol. The van der Waals surface area contributed by atoms with Gasteiger partial charge in [-0.3, -0.25) is 0 Å². The maximum Gasteiger partial charge on any atom is 0.347 e. The second kappa shape index (κ2) is 5.13. The van der Waals surface area contributed by atoms with Gasteiger partial charge in [-0.05, 0) is 31.9 Å². The Morgan fingerprint density at radius 3 is 2.21 bits per heavy atom. The number of carboxylic acids is 1. The summed E-state index contributed by atoms with van der Waals surface area (Å²) in [7, 11) is 0. The Morgan fingerprint density at radius 2 is 1.79 bits per heavy atom. The molecule has 1 aromatic carbocycles. The van der Waals surface area contributed by atoms with E-state index in [-0.39, 0.29) is 5.92 Å². The van der Waals surface area contributed by atoms with Gasteiger partial charge in [0.25, 0.3) is 0 Å². The molecule has 100 valence electrons. The summed E-state index contributed by atoms with van der Waals surface area (Å²) in [5.41, 5.74) is 3.99. The average Bonchev–Trinajstić information content (AvgIpc) is 2.72. The summed E-state index contributed by atoms with van der Waals surface area (Å²) < 4.78 is 0. The summed E-state index contributed by atoms with van der Waals surface area (Å²) >= 11 is 1.26. The number of thiazole rings is 1. The fourth-order valence-electron chi connectivity index (χ4n) is 2.10. The molecule has 0 spiro atoms. The van der Waals surface area contributed by atoms with E-state index in [1.165, 1.54) is 11.3 Å². The van der Waals surface area contributed by atoms with Crippen LogP contribution in [-0.4, -0.2) is 16.1 Å². The summed E-state index contributed by atoms with van der Waals surface area (Å²) in [5, 5.41) is 10.0. The fraction of sp³-hybridized carbons (Fsp3) is 0.333. The smallest absolute Gasteiger partial charge is 0.347 e. The summed E-state index contributed by atoms with van der Waals surface area (Å²) in [6, 6.07) is 6.18. The maximum atomic E-state index is 11.3. The van der Waals surface area contributed by atoms with E-state index in [4.69, 9.17) is 0 Å². The number of carboxylic acid groups (broad SMARTS) is 1. The molecule has 0 saturated carbocycles. The first kappa shape index (κ1) is 13.7. The highest BCUT2D eigenvalue weighted by atomic mass is 32.1. The molecule has 0 saturated heterocycles. The van der Waals surface area contributed by atoms with Crippen molar-refractivity contribution in [3.63, 3.8) is 0 Å². The fourth-order valence-corrected chi connectivity index (χ4v) is 3.14. The van der Waals surface area contributed by atoms with Crippen molar-refractivity contribution in [3.05, 3.63) is 39.9 Å². The standard InChI is InChI=1S/C15H17NO2S/c1-8(2)12-13(15(17)18)19-14(16-12)11-6-9(3)5-10(4)7-11/h5-8H,1-4H3,(H,17,18). The van der Waals surface area contributed by atoms with Crippen LogP contribution in [0, 0.1) is 13.8 Å². The molecule has 0 unspecified atom stereocenters. The van der Waals surface area contributed by atoms with Crippen molar-refractivity contribution in [2.45, 2.75) is 33.6 Å². The van der Waals surface area contributed by atoms with Gasteiger partial charge in [-0.25, -0.2) is 9.78 Å². The lowest BCUT2D eigenvalue weighted by molar-refractivity contribution is 0.0700. The Hall–Kier alpha value is -1.68. The first-order chi connectivity index (χ1) is 8.88. The Kier molecular flexibility index (Phi) is 3.71. The molecule has 1 heterocycles. The Bertz CT molecular complexity index is 609. The van der Waals surface area contributed by atoms with Crippen molar-refractivity contribution in [1.29, 1.82) is 0 Å². The second-order valence-electron chi connectivity index (χ2n) is 5.07. The van der Waals surface area contributed by atoms with Crippen LogP contribution in [-0.2, 0) is 0 Å².